The normalized spacial score (nSPS) is 12.1. The molecule has 0 atom stereocenters. The molecular formula is C16H26O2. The first kappa shape index (κ1) is 16.7. The van der Waals surface area contributed by atoms with Gasteiger partial charge in [0, 0.05) is 6.42 Å². The number of allylic oxidation sites excluding steroid dienone is 6. The molecule has 0 aliphatic carbocycles. The average molecular weight is 250 g/mol. The van der Waals surface area contributed by atoms with Gasteiger partial charge < -0.3 is 5.11 Å². The molecule has 18 heavy (non-hydrogen) atoms. The van der Waals surface area contributed by atoms with Crippen LogP contribution in [-0.4, -0.2) is 11.1 Å². The summed E-state index contributed by atoms with van der Waals surface area (Å²) in [6.07, 6.45) is 20.5. The maximum absolute atomic E-state index is 10.3. The molecule has 2 nitrogen and oxygen atoms in total. The number of aliphatic carboxylic acids is 1. The van der Waals surface area contributed by atoms with Crippen molar-refractivity contribution in [3.8, 4) is 0 Å². The second-order valence-corrected chi connectivity index (χ2v) is 4.31. The van der Waals surface area contributed by atoms with Crippen molar-refractivity contribution in [2.24, 2.45) is 0 Å². The number of unbranched alkanes of at least 4 members (excludes halogenated alkanes) is 3. The largest absolute Gasteiger partial charge is 0.481 e. The summed E-state index contributed by atoms with van der Waals surface area (Å²) < 4.78 is 0. The van der Waals surface area contributed by atoms with Crippen molar-refractivity contribution < 1.29 is 9.90 Å². The molecule has 0 spiro atoms. The minimum Gasteiger partial charge on any atom is -0.481 e. The maximum Gasteiger partial charge on any atom is 0.303 e. The lowest BCUT2D eigenvalue weighted by molar-refractivity contribution is -0.137. The lowest BCUT2D eigenvalue weighted by atomic mass is 10.2. The summed E-state index contributed by atoms with van der Waals surface area (Å²) in [4.78, 5) is 10.3. The van der Waals surface area contributed by atoms with E-state index in [9.17, 15) is 4.79 Å². The second-order valence-electron chi connectivity index (χ2n) is 4.31. The molecule has 0 saturated carbocycles. The predicted octanol–water partition coefficient (Wildman–Crippen LogP) is 4.88. The Morgan fingerprint density at radius 2 is 1.39 bits per heavy atom. The lowest BCUT2D eigenvalue weighted by Gasteiger charge is -1.90. The Morgan fingerprint density at radius 3 is 1.89 bits per heavy atom. The van der Waals surface area contributed by atoms with Crippen LogP contribution in [0.5, 0.6) is 0 Å². The Morgan fingerprint density at radius 1 is 0.889 bits per heavy atom. The van der Waals surface area contributed by atoms with Crippen molar-refractivity contribution >= 4 is 5.97 Å². The van der Waals surface area contributed by atoms with E-state index in [4.69, 9.17) is 5.11 Å². The van der Waals surface area contributed by atoms with Gasteiger partial charge in [-0.15, -0.1) is 0 Å². The summed E-state index contributed by atoms with van der Waals surface area (Å²) >= 11 is 0. The molecule has 0 unspecified atom stereocenters. The fraction of sp³-hybridized carbons (Fsp3) is 0.562. The monoisotopic (exact) mass is 250 g/mol. The first-order chi connectivity index (χ1) is 8.77. The highest BCUT2D eigenvalue weighted by molar-refractivity contribution is 5.66. The van der Waals surface area contributed by atoms with Gasteiger partial charge >= 0.3 is 5.97 Å². The fourth-order valence-electron chi connectivity index (χ4n) is 1.47. The molecule has 0 heterocycles. The van der Waals surface area contributed by atoms with E-state index in [0.717, 1.165) is 25.7 Å². The van der Waals surface area contributed by atoms with Crippen molar-refractivity contribution in [3.63, 3.8) is 0 Å². The molecule has 0 aromatic rings. The SMILES string of the molecule is CCCC/C=C/C/C=C/C/C=C/CCCC(=O)O. The Kier molecular flexibility index (Phi) is 12.8. The average Bonchev–Trinajstić information content (AvgIpc) is 2.34. The quantitative estimate of drug-likeness (QED) is 0.419. The van der Waals surface area contributed by atoms with Crippen LogP contribution >= 0.6 is 0 Å². The van der Waals surface area contributed by atoms with E-state index in [0.29, 0.717) is 0 Å². The zero-order chi connectivity index (χ0) is 13.5. The van der Waals surface area contributed by atoms with Crippen molar-refractivity contribution in [2.75, 3.05) is 0 Å². The van der Waals surface area contributed by atoms with Crippen molar-refractivity contribution in [2.45, 2.75) is 58.3 Å². The van der Waals surface area contributed by atoms with E-state index in [1.165, 1.54) is 19.3 Å². The first-order valence-corrected chi connectivity index (χ1v) is 6.94. The summed E-state index contributed by atoms with van der Waals surface area (Å²) in [5.41, 5.74) is 0. The van der Waals surface area contributed by atoms with Gasteiger partial charge in [-0.2, -0.15) is 0 Å². The summed E-state index contributed by atoms with van der Waals surface area (Å²) in [5, 5.41) is 8.45. The van der Waals surface area contributed by atoms with Gasteiger partial charge in [0.15, 0.2) is 0 Å². The highest BCUT2D eigenvalue weighted by atomic mass is 16.4. The van der Waals surface area contributed by atoms with Crippen LogP contribution in [0.2, 0.25) is 0 Å². The minimum absolute atomic E-state index is 0.267. The fourth-order valence-corrected chi connectivity index (χ4v) is 1.47. The van der Waals surface area contributed by atoms with Gasteiger partial charge in [-0.25, -0.2) is 0 Å². The minimum atomic E-state index is -0.710. The topological polar surface area (TPSA) is 37.3 Å². The van der Waals surface area contributed by atoms with Gasteiger partial charge in [0.25, 0.3) is 0 Å². The van der Waals surface area contributed by atoms with Crippen LogP contribution in [0.4, 0.5) is 0 Å². The molecule has 1 N–H and O–H groups in total. The van der Waals surface area contributed by atoms with E-state index >= 15 is 0 Å². The summed E-state index contributed by atoms with van der Waals surface area (Å²) in [6.45, 7) is 2.20. The molecule has 102 valence electrons. The summed E-state index contributed by atoms with van der Waals surface area (Å²) in [5.74, 6) is -0.710. The molecule has 0 aliphatic rings. The third kappa shape index (κ3) is 14.7. The molecule has 2 heteroatoms. The maximum atomic E-state index is 10.3. The van der Waals surface area contributed by atoms with Gasteiger partial charge in [-0.3, -0.25) is 4.79 Å². The van der Waals surface area contributed by atoms with E-state index in [1.807, 2.05) is 0 Å². The number of hydrogen-bond acceptors (Lipinski definition) is 1. The lowest BCUT2D eigenvalue weighted by Crippen LogP contribution is -1.92. The molecule has 0 aliphatic heterocycles. The van der Waals surface area contributed by atoms with Gasteiger partial charge in [0.05, 0.1) is 0 Å². The number of carboxylic acids is 1. The zero-order valence-corrected chi connectivity index (χ0v) is 11.5. The molecule has 0 amide bonds. The Hall–Kier alpha value is -1.31. The number of hydrogen-bond donors (Lipinski definition) is 1. The Balaban J connectivity index is 3.34. The Labute approximate surface area is 111 Å². The van der Waals surface area contributed by atoms with Crippen LogP contribution < -0.4 is 0 Å². The number of carbonyl (C=O) groups is 1. The zero-order valence-electron chi connectivity index (χ0n) is 11.5. The van der Waals surface area contributed by atoms with E-state index in [1.54, 1.807) is 0 Å². The summed E-state index contributed by atoms with van der Waals surface area (Å²) in [7, 11) is 0. The highest BCUT2D eigenvalue weighted by Crippen LogP contribution is 1.99. The van der Waals surface area contributed by atoms with Crippen molar-refractivity contribution in [1.29, 1.82) is 0 Å². The molecular weight excluding hydrogens is 224 g/mol. The molecule has 0 fully saturated rings. The molecule has 0 aromatic carbocycles. The molecule has 0 saturated heterocycles. The van der Waals surface area contributed by atoms with E-state index in [-0.39, 0.29) is 6.42 Å². The van der Waals surface area contributed by atoms with Crippen molar-refractivity contribution in [3.05, 3.63) is 36.5 Å². The second kappa shape index (κ2) is 13.8. The molecule has 0 radical (unpaired) electrons. The predicted molar refractivity (Wildman–Crippen MR) is 77.7 cm³/mol. The van der Waals surface area contributed by atoms with E-state index in [2.05, 4.69) is 43.4 Å². The van der Waals surface area contributed by atoms with Gasteiger partial charge in [-0.05, 0) is 32.1 Å². The van der Waals surface area contributed by atoms with Crippen molar-refractivity contribution in [1.82, 2.24) is 0 Å². The Bertz CT molecular complexity index is 275. The van der Waals surface area contributed by atoms with Gasteiger partial charge in [0.2, 0.25) is 0 Å². The van der Waals surface area contributed by atoms with Gasteiger partial charge in [-0.1, -0.05) is 56.2 Å². The van der Waals surface area contributed by atoms with Crippen LogP contribution in [0.1, 0.15) is 58.3 Å². The molecule has 0 aromatic heterocycles. The standard InChI is InChI=1S/C16H26O2/c1-2-3-4-5-6-7-8-9-10-11-12-13-14-15-16(17)18/h5-6,8-9,11-12H,2-4,7,10,13-15H2,1H3,(H,17,18)/b6-5+,9-8+,12-11+. The highest BCUT2D eigenvalue weighted by Gasteiger charge is 1.92. The number of carboxylic acid groups (broad SMARTS) is 1. The smallest absolute Gasteiger partial charge is 0.303 e. The third-order valence-electron chi connectivity index (χ3n) is 2.53. The summed E-state index contributed by atoms with van der Waals surface area (Å²) in [6, 6.07) is 0. The first-order valence-electron chi connectivity index (χ1n) is 6.94. The van der Waals surface area contributed by atoms with Crippen LogP contribution in [-0.2, 0) is 4.79 Å². The van der Waals surface area contributed by atoms with Crippen LogP contribution in [0, 0.1) is 0 Å². The van der Waals surface area contributed by atoms with Crippen LogP contribution in [0.15, 0.2) is 36.5 Å². The number of rotatable bonds is 11. The molecule has 0 bridgehead atoms. The van der Waals surface area contributed by atoms with Gasteiger partial charge in [0.1, 0.15) is 0 Å². The molecule has 0 rings (SSSR count). The van der Waals surface area contributed by atoms with Crippen LogP contribution in [0.25, 0.3) is 0 Å². The third-order valence-corrected chi connectivity index (χ3v) is 2.53. The van der Waals surface area contributed by atoms with E-state index < -0.39 is 5.97 Å². The van der Waals surface area contributed by atoms with Crippen LogP contribution in [0.3, 0.4) is 0 Å².